The van der Waals surface area contributed by atoms with Crippen molar-refractivity contribution in [1.29, 1.82) is 0 Å². The smallest absolute Gasteiger partial charge is 0.165 e. The molecule has 1 saturated carbocycles. The van der Waals surface area contributed by atoms with Crippen molar-refractivity contribution in [2.24, 2.45) is 17.1 Å². The molecule has 2 heteroatoms. The number of hydrogen-bond donors (Lipinski definition) is 1. The molecule has 1 rings (SSSR count). The van der Waals surface area contributed by atoms with Crippen molar-refractivity contribution in [2.75, 3.05) is 0 Å². The topological polar surface area (TPSA) is 43.1 Å². The first-order chi connectivity index (χ1) is 6.84. The molecule has 0 aliphatic heterocycles. The third kappa shape index (κ3) is 2.71. The van der Waals surface area contributed by atoms with E-state index in [2.05, 4.69) is 20.4 Å². The average Bonchev–Trinajstić information content (AvgIpc) is 1.99. The lowest BCUT2D eigenvalue weighted by atomic mass is 9.65. The molecule has 1 fully saturated rings. The number of carbonyl (C=O) groups excluding carboxylic acids is 1. The van der Waals surface area contributed by atoms with Gasteiger partial charge in [-0.2, -0.15) is 0 Å². The third-order valence-corrected chi connectivity index (χ3v) is 3.16. The van der Waals surface area contributed by atoms with Crippen LogP contribution in [0.4, 0.5) is 0 Å². The van der Waals surface area contributed by atoms with Crippen LogP contribution in [0.25, 0.3) is 0 Å². The van der Waals surface area contributed by atoms with Gasteiger partial charge in [-0.25, -0.2) is 0 Å². The van der Waals surface area contributed by atoms with Crippen LogP contribution < -0.4 is 5.73 Å². The van der Waals surface area contributed by atoms with Crippen molar-refractivity contribution >= 4 is 5.78 Å². The predicted octanol–water partition coefficient (Wildman–Crippen LogP) is 2.80. The summed E-state index contributed by atoms with van der Waals surface area (Å²) in [5.74, 6) is 0.0643. The largest absolute Gasteiger partial charge is 0.402 e. The molecular weight excluding hydrogens is 186 g/mol. The molecule has 0 saturated heterocycles. The van der Waals surface area contributed by atoms with Gasteiger partial charge >= 0.3 is 0 Å². The maximum Gasteiger partial charge on any atom is 0.165 e. The monoisotopic (exact) mass is 207 g/mol. The Morgan fingerprint density at radius 2 is 2.20 bits per heavy atom. The molecule has 0 aromatic heterocycles. The molecule has 0 spiro atoms. The third-order valence-electron chi connectivity index (χ3n) is 3.16. The molecule has 0 heterocycles. The number of nitrogens with two attached hydrogens (primary N) is 1. The fourth-order valence-corrected chi connectivity index (χ4v) is 2.51. The summed E-state index contributed by atoms with van der Waals surface area (Å²) < 4.78 is 0. The summed E-state index contributed by atoms with van der Waals surface area (Å²) in [4.78, 5) is 12.0. The molecule has 1 unspecified atom stereocenters. The van der Waals surface area contributed by atoms with Crippen molar-refractivity contribution in [3.8, 4) is 0 Å². The first-order valence-electron chi connectivity index (χ1n) is 5.50. The van der Waals surface area contributed by atoms with Crippen molar-refractivity contribution in [3.63, 3.8) is 0 Å². The molecular formula is C13H21NO. The summed E-state index contributed by atoms with van der Waals surface area (Å²) in [5.41, 5.74) is 7.21. The van der Waals surface area contributed by atoms with E-state index in [1.807, 2.05) is 0 Å². The minimum Gasteiger partial charge on any atom is -0.402 e. The van der Waals surface area contributed by atoms with Gasteiger partial charge in [0.2, 0.25) is 0 Å². The number of ketones is 1. The minimum absolute atomic E-state index is 0.0262. The van der Waals surface area contributed by atoms with Crippen LogP contribution in [0.2, 0.25) is 0 Å². The summed E-state index contributed by atoms with van der Waals surface area (Å²) in [7, 11) is 0. The normalized spacial score (nSPS) is 26.5. The van der Waals surface area contributed by atoms with Crippen LogP contribution >= 0.6 is 0 Å². The second kappa shape index (κ2) is 4.21. The van der Waals surface area contributed by atoms with Gasteiger partial charge in [0.05, 0.1) is 0 Å². The van der Waals surface area contributed by atoms with Gasteiger partial charge in [0, 0.05) is 17.7 Å². The van der Waals surface area contributed by atoms with Gasteiger partial charge in [-0.15, -0.1) is 0 Å². The second-order valence-electron chi connectivity index (χ2n) is 5.22. The quantitative estimate of drug-likeness (QED) is 0.559. The second-order valence-corrected chi connectivity index (χ2v) is 5.22. The molecule has 0 amide bonds. The fourth-order valence-electron chi connectivity index (χ4n) is 2.51. The van der Waals surface area contributed by atoms with E-state index in [0.29, 0.717) is 5.70 Å². The van der Waals surface area contributed by atoms with Gasteiger partial charge < -0.3 is 5.73 Å². The van der Waals surface area contributed by atoms with E-state index in [1.165, 1.54) is 0 Å². The lowest BCUT2D eigenvalue weighted by Gasteiger charge is -2.38. The highest BCUT2D eigenvalue weighted by Crippen LogP contribution is 2.43. The Kier molecular flexibility index (Phi) is 3.38. The first-order valence-corrected chi connectivity index (χ1v) is 5.50. The van der Waals surface area contributed by atoms with Crippen LogP contribution in [0.15, 0.2) is 23.9 Å². The molecule has 1 atom stereocenters. The first kappa shape index (κ1) is 12.0. The Labute approximate surface area is 92.2 Å². The Morgan fingerprint density at radius 1 is 1.60 bits per heavy atom. The predicted molar refractivity (Wildman–Crippen MR) is 63.2 cm³/mol. The number of hydrogen-bond acceptors (Lipinski definition) is 2. The van der Waals surface area contributed by atoms with Crippen LogP contribution in [-0.4, -0.2) is 5.78 Å². The van der Waals surface area contributed by atoms with Crippen LogP contribution in [0.5, 0.6) is 0 Å². The molecule has 1 aliphatic carbocycles. The van der Waals surface area contributed by atoms with E-state index >= 15 is 0 Å². The summed E-state index contributed by atoms with van der Waals surface area (Å²) in [5, 5.41) is 0. The zero-order valence-corrected chi connectivity index (χ0v) is 9.97. The molecule has 1 aliphatic rings. The average molecular weight is 207 g/mol. The Bertz CT molecular complexity index is 308. The van der Waals surface area contributed by atoms with Crippen molar-refractivity contribution in [3.05, 3.63) is 23.9 Å². The lowest BCUT2D eigenvalue weighted by Crippen LogP contribution is -2.35. The molecule has 15 heavy (non-hydrogen) atoms. The molecule has 0 radical (unpaired) electrons. The Balaban J connectivity index is 2.94. The number of rotatable bonds is 2. The van der Waals surface area contributed by atoms with Gasteiger partial charge in [-0.05, 0) is 31.6 Å². The van der Waals surface area contributed by atoms with E-state index in [4.69, 9.17) is 5.73 Å². The Hall–Kier alpha value is -1.05. The fraction of sp³-hybridized carbons (Fsp3) is 0.615. The molecule has 2 N–H and O–H groups in total. The zero-order valence-electron chi connectivity index (χ0n) is 9.97. The standard InChI is InChI=1S/C13H21NO/c1-9-6-5-7-13(3,4)12(9)11(15)8-10(2)14/h8,12H,1,5-7,14H2,2-4H3. The number of carbonyl (C=O) groups is 1. The van der Waals surface area contributed by atoms with Crippen molar-refractivity contribution in [2.45, 2.75) is 40.0 Å². The Morgan fingerprint density at radius 3 is 2.67 bits per heavy atom. The van der Waals surface area contributed by atoms with Crippen LogP contribution in [0.1, 0.15) is 40.0 Å². The minimum atomic E-state index is -0.0512. The molecule has 0 aromatic rings. The summed E-state index contributed by atoms with van der Waals surface area (Å²) in [6.45, 7) is 10.1. The molecule has 0 aromatic carbocycles. The zero-order chi connectivity index (χ0) is 11.6. The summed E-state index contributed by atoms with van der Waals surface area (Å²) in [6.07, 6.45) is 4.74. The van der Waals surface area contributed by atoms with Crippen LogP contribution in [0.3, 0.4) is 0 Å². The van der Waals surface area contributed by atoms with Crippen LogP contribution in [-0.2, 0) is 4.79 Å². The van der Waals surface area contributed by atoms with E-state index < -0.39 is 0 Å². The van der Waals surface area contributed by atoms with Gasteiger partial charge in [0.1, 0.15) is 0 Å². The maximum absolute atomic E-state index is 12.0. The van der Waals surface area contributed by atoms with Gasteiger partial charge in [-0.1, -0.05) is 26.0 Å². The molecule has 84 valence electrons. The van der Waals surface area contributed by atoms with Gasteiger partial charge in [-0.3, -0.25) is 4.79 Å². The van der Waals surface area contributed by atoms with Gasteiger partial charge in [0.15, 0.2) is 5.78 Å². The summed E-state index contributed by atoms with van der Waals surface area (Å²) in [6, 6.07) is 0. The maximum atomic E-state index is 12.0. The van der Waals surface area contributed by atoms with E-state index in [9.17, 15) is 4.79 Å². The molecule has 2 nitrogen and oxygen atoms in total. The van der Waals surface area contributed by atoms with Crippen molar-refractivity contribution < 1.29 is 4.79 Å². The SMILES string of the molecule is C=C1CCCC(C)(C)C1C(=O)C=C(C)N. The van der Waals surface area contributed by atoms with Crippen molar-refractivity contribution in [1.82, 2.24) is 0 Å². The summed E-state index contributed by atoms with van der Waals surface area (Å²) >= 11 is 0. The lowest BCUT2D eigenvalue weighted by molar-refractivity contribution is -0.120. The van der Waals surface area contributed by atoms with E-state index in [-0.39, 0.29) is 17.1 Å². The van der Waals surface area contributed by atoms with Crippen LogP contribution in [0, 0.1) is 11.3 Å². The van der Waals surface area contributed by atoms with E-state index in [1.54, 1.807) is 13.0 Å². The van der Waals surface area contributed by atoms with Gasteiger partial charge in [0.25, 0.3) is 0 Å². The molecule has 0 bridgehead atoms. The highest BCUT2D eigenvalue weighted by Gasteiger charge is 2.38. The number of allylic oxidation sites excluding steroid dienone is 3. The highest BCUT2D eigenvalue weighted by atomic mass is 16.1. The van der Waals surface area contributed by atoms with E-state index in [0.717, 1.165) is 24.8 Å². The highest BCUT2D eigenvalue weighted by molar-refractivity contribution is 5.94.